The lowest BCUT2D eigenvalue weighted by atomic mass is 10.1. The van der Waals surface area contributed by atoms with Gasteiger partial charge in [-0.1, -0.05) is 6.42 Å². The number of methoxy groups -OCH3 is 2. The van der Waals surface area contributed by atoms with Gasteiger partial charge in [-0.2, -0.15) is 0 Å². The standard InChI is InChI=1S/C17H27N3O3/c1-19(2)13-7-5-6-10-20(12-13)17(21)18-15-11-14(22-3)8-9-16(15)23-4/h8-9,11,13H,5-7,10,12H2,1-4H3,(H,18,21)/t13-/m0/s1. The lowest BCUT2D eigenvalue weighted by Gasteiger charge is -2.28. The molecule has 0 bridgehead atoms. The van der Waals surface area contributed by atoms with Crippen molar-refractivity contribution in [2.24, 2.45) is 0 Å². The number of carbonyl (C=O) groups is 1. The molecule has 0 saturated carbocycles. The number of urea groups is 1. The van der Waals surface area contributed by atoms with E-state index in [9.17, 15) is 4.79 Å². The summed E-state index contributed by atoms with van der Waals surface area (Å²) in [5.41, 5.74) is 0.627. The van der Waals surface area contributed by atoms with E-state index >= 15 is 0 Å². The largest absolute Gasteiger partial charge is 0.497 e. The van der Waals surface area contributed by atoms with E-state index in [1.54, 1.807) is 26.4 Å². The third kappa shape index (κ3) is 4.51. The molecule has 1 aromatic carbocycles. The summed E-state index contributed by atoms with van der Waals surface area (Å²) in [5.74, 6) is 1.31. The van der Waals surface area contributed by atoms with Gasteiger partial charge in [0.1, 0.15) is 11.5 Å². The summed E-state index contributed by atoms with van der Waals surface area (Å²) in [6.45, 7) is 1.52. The maximum Gasteiger partial charge on any atom is 0.322 e. The van der Waals surface area contributed by atoms with Crippen LogP contribution < -0.4 is 14.8 Å². The second-order valence-corrected chi connectivity index (χ2v) is 6.06. The minimum Gasteiger partial charge on any atom is -0.497 e. The highest BCUT2D eigenvalue weighted by Gasteiger charge is 2.23. The van der Waals surface area contributed by atoms with Gasteiger partial charge in [0.15, 0.2) is 0 Å². The Hall–Kier alpha value is -1.95. The monoisotopic (exact) mass is 321 g/mol. The van der Waals surface area contributed by atoms with E-state index in [4.69, 9.17) is 9.47 Å². The van der Waals surface area contributed by atoms with E-state index in [2.05, 4.69) is 24.3 Å². The van der Waals surface area contributed by atoms with Crippen molar-refractivity contribution >= 4 is 11.7 Å². The van der Waals surface area contributed by atoms with Gasteiger partial charge < -0.3 is 24.6 Å². The van der Waals surface area contributed by atoms with Crippen LogP contribution in [-0.2, 0) is 0 Å². The first-order valence-corrected chi connectivity index (χ1v) is 7.99. The van der Waals surface area contributed by atoms with Crippen molar-refractivity contribution in [2.75, 3.05) is 46.7 Å². The van der Waals surface area contributed by atoms with E-state index in [-0.39, 0.29) is 6.03 Å². The number of ether oxygens (including phenoxy) is 2. The maximum absolute atomic E-state index is 12.7. The SMILES string of the molecule is COc1ccc(OC)c(NC(=O)N2CCCC[C@H](N(C)C)C2)c1. The Morgan fingerprint density at radius 2 is 2.04 bits per heavy atom. The van der Waals surface area contributed by atoms with Crippen molar-refractivity contribution in [3.05, 3.63) is 18.2 Å². The van der Waals surface area contributed by atoms with Gasteiger partial charge in [-0.3, -0.25) is 0 Å². The summed E-state index contributed by atoms with van der Waals surface area (Å²) >= 11 is 0. The summed E-state index contributed by atoms with van der Waals surface area (Å²) in [5, 5.41) is 2.96. The molecule has 6 nitrogen and oxygen atoms in total. The van der Waals surface area contributed by atoms with Crippen molar-refractivity contribution in [3.63, 3.8) is 0 Å². The van der Waals surface area contributed by atoms with Crippen LogP contribution >= 0.6 is 0 Å². The molecular formula is C17H27N3O3. The molecule has 23 heavy (non-hydrogen) atoms. The molecule has 6 heteroatoms. The van der Waals surface area contributed by atoms with E-state index < -0.39 is 0 Å². The first-order valence-electron chi connectivity index (χ1n) is 7.99. The number of hydrogen-bond donors (Lipinski definition) is 1. The van der Waals surface area contributed by atoms with Crippen LogP contribution in [0.1, 0.15) is 19.3 Å². The highest BCUT2D eigenvalue weighted by atomic mass is 16.5. The molecule has 0 aromatic heterocycles. The Balaban J connectivity index is 2.11. The topological polar surface area (TPSA) is 54.0 Å². The van der Waals surface area contributed by atoms with Crippen LogP contribution in [0, 0.1) is 0 Å². The minimum atomic E-state index is -0.0923. The number of likely N-dealkylation sites (N-methyl/N-ethyl adjacent to an activating group) is 1. The Morgan fingerprint density at radius 3 is 2.70 bits per heavy atom. The molecule has 0 aliphatic carbocycles. The van der Waals surface area contributed by atoms with Crippen molar-refractivity contribution in [1.29, 1.82) is 0 Å². The quantitative estimate of drug-likeness (QED) is 0.926. The van der Waals surface area contributed by atoms with Crippen LogP contribution in [0.15, 0.2) is 18.2 Å². The fourth-order valence-electron chi connectivity index (χ4n) is 2.83. The molecular weight excluding hydrogens is 294 g/mol. The van der Waals surface area contributed by atoms with Crippen LogP contribution in [0.2, 0.25) is 0 Å². The number of nitrogens with zero attached hydrogens (tertiary/aromatic N) is 2. The molecule has 1 N–H and O–H groups in total. The van der Waals surface area contributed by atoms with Crippen LogP contribution in [0.5, 0.6) is 11.5 Å². The highest BCUT2D eigenvalue weighted by Crippen LogP contribution is 2.29. The number of hydrogen-bond acceptors (Lipinski definition) is 4. The second-order valence-electron chi connectivity index (χ2n) is 6.06. The first kappa shape index (κ1) is 17.4. The van der Waals surface area contributed by atoms with Gasteiger partial charge in [0.2, 0.25) is 0 Å². The molecule has 128 valence electrons. The van der Waals surface area contributed by atoms with Crippen LogP contribution in [0.4, 0.5) is 10.5 Å². The lowest BCUT2D eigenvalue weighted by molar-refractivity contribution is 0.189. The van der Waals surface area contributed by atoms with Crippen LogP contribution in [0.25, 0.3) is 0 Å². The number of rotatable bonds is 4. The number of benzene rings is 1. The van der Waals surface area contributed by atoms with E-state index in [1.807, 2.05) is 11.0 Å². The van der Waals surface area contributed by atoms with Crippen molar-refractivity contribution in [2.45, 2.75) is 25.3 Å². The molecule has 0 radical (unpaired) electrons. The number of anilines is 1. The number of amides is 2. The summed E-state index contributed by atoms with van der Waals surface area (Å²) in [6.07, 6.45) is 3.31. The summed E-state index contributed by atoms with van der Waals surface area (Å²) < 4.78 is 10.5. The fraction of sp³-hybridized carbons (Fsp3) is 0.588. The molecule has 1 heterocycles. The van der Waals surface area contributed by atoms with Gasteiger partial charge >= 0.3 is 6.03 Å². The van der Waals surface area contributed by atoms with Gasteiger partial charge in [-0.05, 0) is 39.1 Å². The van der Waals surface area contributed by atoms with E-state index in [0.717, 1.165) is 32.4 Å². The molecule has 1 saturated heterocycles. The summed E-state index contributed by atoms with van der Waals surface area (Å²) in [4.78, 5) is 16.7. The van der Waals surface area contributed by atoms with Gasteiger partial charge in [-0.15, -0.1) is 0 Å². The molecule has 0 unspecified atom stereocenters. The third-order valence-electron chi connectivity index (χ3n) is 4.31. The molecule has 1 aromatic rings. The summed E-state index contributed by atoms with van der Waals surface area (Å²) in [7, 11) is 7.32. The predicted molar refractivity (Wildman–Crippen MR) is 91.5 cm³/mol. The van der Waals surface area contributed by atoms with Gasteiger partial charge in [0.05, 0.1) is 19.9 Å². The highest BCUT2D eigenvalue weighted by molar-refractivity contribution is 5.91. The Bertz CT molecular complexity index is 534. The molecule has 1 fully saturated rings. The predicted octanol–water partition coefficient (Wildman–Crippen LogP) is 2.65. The smallest absolute Gasteiger partial charge is 0.322 e. The van der Waals surface area contributed by atoms with Crippen molar-refractivity contribution < 1.29 is 14.3 Å². The van der Waals surface area contributed by atoms with Crippen molar-refractivity contribution in [3.8, 4) is 11.5 Å². The fourth-order valence-corrected chi connectivity index (χ4v) is 2.83. The normalized spacial score (nSPS) is 18.5. The zero-order valence-corrected chi connectivity index (χ0v) is 14.5. The third-order valence-corrected chi connectivity index (χ3v) is 4.31. The number of likely N-dealkylation sites (tertiary alicyclic amines) is 1. The van der Waals surface area contributed by atoms with Gasteiger partial charge in [-0.25, -0.2) is 4.79 Å². The second kappa shape index (κ2) is 8.06. The van der Waals surface area contributed by atoms with Crippen LogP contribution in [0.3, 0.4) is 0 Å². The number of carbonyl (C=O) groups excluding carboxylic acids is 1. The van der Waals surface area contributed by atoms with E-state index in [1.165, 1.54) is 0 Å². The summed E-state index contributed by atoms with van der Waals surface area (Å²) in [6, 6.07) is 5.68. The molecule has 1 aliphatic rings. The van der Waals surface area contributed by atoms with Crippen molar-refractivity contribution in [1.82, 2.24) is 9.80 Å². The Labute approximate surface area is 138 Å². The maximum atomic E-state index is 12.7. The molecule has 2 amide bonds. The average Bonchev–Trinajstić information content (AvgIpc) is 2.81. The molecule has 0 spiro atoms. The average molecular weight is 321 g/mol. The Kier molecular flexibility index (Phi) is 6.10. The lowest BCUT2D eigenvalue weighted by Crippen LogP contribution is -2.43. The molecule has 1 atom stereocenters. The number of nitrogens with one attached hydrogen (secondary N) is 1. The minimum absolute atomic E-state index is 0.0923. The zero-order valence-electron chi connectivity index (χ0n) is 14.5. The van der Waals surface area contributed by atoms with Gasteiger partial charge in [0.25, 0.3) is 0 Å². The zero-order chi connectivity index (χ0) is 16.8. The Morgan fingerprint density at radius 1 is 1.26 bits per heavy atom. The first-order chi connectivity index (χ1) is 11.0. The van der Waals surface area contributed by atoms with Gasteiger partial charge in [0, 0.05) is 25.2 Å². The van der Waals surface area contributed by atoms with E-state index in [0.29, 0.717) is 23.2 Å². The van der Waals surface area contributed by atoms with Crippen LogP contribution in [-0.4, -0.2) is 63.3 Å². The molecule has 2 rings (SSSR count). The molecule has 1 aliphatic heterocycles.